The zero-order valence-corrected chi connectivity index (χ0v) is 47.2. The van der Waals surface area contributed by atoms with Gasteiger partial charge in [0.15, 0.2) is 0 Å². The van der Waals surface area contributed by atoms with Crippen molar-refractivity contribution in [3.05, 3.63) is 35.7 Å². The SMILES string of the molecule is COC(=O)[C@H](CCC(=O)NCc1cn(CCN(CCn2cc(CNC(=O)CC[C@H](NC(=O)OC(C)(C)C)C(=O)OC)nn2)CCn2cc(CNC(=O)CC[C@H](NC(=O)OC(C)(C)C)C(=O)OC)nn2)nn1)NC(=O)OC(C)(C)C. The van der Waals surface area contributed by atoms with Gasteiger partial charge in [-0.25, -0.2) is 28.8 Å². The van der Waals surface area contributed by atoms with Gasteiger partial charge in [0.05, 0.1) is 79.2 Å². The second-order valence-corrected chi connectivity index (χ2v) is 20.9. The molecule has 0 aliphatic carbocycles. The van der Waals surface area contributed by atoms with E-state index >= 15 is 0 Å². The van der Waals surface area contributed by atoms with Gasteiger partial charge < -0.3 is 60.3 Å². The summed E-state index contributed by atoms with van der Waals surface area (Å²) in [5, 5.41) is 40.7. The Morgan fingerprint density at radius 3 is 0.937 bits per heavy atom. The number of methoxy groups -OCH3 is 3. The van der Waals surface area contributed by atoms with Crippen molar-refractivity contribution in [1.82, 2.24) is 81.8 Å². The van der Waals surface area contributed by atoms with Gasteiger partial charge in [-0.2, -0.15) is 0 Å². The number of carbonyl (C=O) groups is 9. The standard InChI is InChI=1S/C48H78N16O15/c1-46(2,3)77-43(71)52-34(40(68)74-10)13-16-37(65)49-25-31-28-62(58-55-31)22-19-61(20-23-63-29-32(56-59-63)26-50-38(66)17-14-35(41(69)75-11)53-44(72)78-47(4,5)6)21-24-64-30-33(57-60-64)27-51-39(67)18-15-36(42(70)76-12)54-45(73)79-48(7,8)9/h28-30,34-36H,13-27H2,1-12H3,(H,49,65)(H,50,66)(H,51,67)(H,52,71)(H,53,72)(H,54,73)/t34-,35-,36-/m0/s1. The first-order valence-corrected chi connectivity index (χ1v) is 25.4. The van der Waals surface area contributed by atoms with Gasteiger partial charge in [-0.05, 0) is 81.6 Å². The Bertz CT molecular complexity index is 2220. The lowest BCUT2D eigenvalue weighted by atomic mass is 10.1. The Morgan fingerprint density at radius 1 is 0.456 bits per heavy atom. The van der Waals surface area contributed by atoms with E-state index in [1.165, 1.54) is 21.3 Å². The maximum atomic E-state index is 12.8. The van der Waals surface area contributed by atoms with E-state index in [1.807, 2.05) is 0 Å². The van der Waals surface area contributed by atoms with Crippen molar-refractivity contribution in [2.75, 3.05) is 41.0 Å². The fourth-order valence-electron chi connectivity index (χ4n) is 6.84. The molecule has 0 spiro atoms. The van der Waals surface area contributed by atoms with Crippen LogP contribution in [0.2, 0.25) is 0 Å². The van der Waals surface area contributed by atoms with E-state index in [0.717, 1.165) is 0 Å². The summed E-state index contributed by atoms with van der Waals surface area (Å²) in [4.78, 5) is 114. The molecule has 440 valence electrons. The number of hydrogen-bond donors (Lipinski definition) is 6. The van der Waals surface area contributed by atoms with Gasteiger partial charge in [0.1, 0.15) is 52.0 Å². The van der Waals surface area contributed by atoms with Gasteiger partial charge in [-0.15, -0.1) is 15.3 Å². The molecule has 3 aromatic rings. The molecule has 31 nitrogen and oxygen atoms in total. The average Bonchev–Trinajstić information content (AvgIpc) is 4.15. The summed E-state index contributed by atoms with van der Waals surface area (Å²) in [6.07, 6.45) is 2.06. The molecule has 0 bridgehead atoms. The molecule has 0 aliphatic heterocycles. The van der Waals surface area contributed by atoms with Crippen LogP contribution in [0, 0.1) is 0 Å². The summed E-state index contributed by atoms with van der Waals surface area (Å²) >= 11 is 0. The molecule has 0 aromatic carbocycles. The van der Waals surface area contributed by atoms with Crippen molar-refractivity contribution >= 4 is 53.9 Å². The van der Waals surface area contributed by atoms with Crippen LogP contribution in [0.5, 0.6) is 0 Å². The Hall–Kier alpha value is -7.99. The van der Waals surface area contributed by atoms with E-state index in [9.17, 15) is 43.2 Å². The molecule has 3 heterocycles. The highest BCUT2D eigenvalue weighted by molar-refractivity contribution is 5.84. The van der Waals surface area contributed by atoms with E-state index in [1.54, 1.807) is 94.9 Å². The molecule has 0 aliphatic rings. The normalized spacial score (nSPS) is 12.7. The largest absolute Gasteiger partial charge is 0.467 e. The number of esters is 3. The quantitative estimate of drug-likeness (QED) is 0.0392. The van der Waals surface area contributed by atoms with E-state index < -0.39 is 88.8 Å². The summed E-state index contributed by atoms with van der Waals surface area (Å²) in [7, 11) is 3.52. The number of alkyl carbamates (subject to hydrolysis) is 3. The van der Waals surface area contributed by atoms with Crippen LogP contribution in [0.15, 0.2) is 18.6 Å². The minimum Gasteiger partial charge on any atom is -0.467 e. The van der Waals surface area contributed by atoms with Gasteiger partial charge in [0, 0.05) is 38.9 Å². The molecule has 0 saturated heterocycles. The predicted molar refractivity (Wildman–Crippen MR) is 275 cm³/mol. The number of amides is 6. The van der Waals surface area contributed by atoms with Crippen molar-refractivity contribution in [2.24, 2.45) is 0 Å². The van der Waals surface area contributed by atoms with Crippen LogP contribution < -0.4 is 31.9 Å². The zero-order valence-electron chi connectivity index (χ0n) is 47.2. The van der Waals surface area contributed by atoms with Crippen molar-refractivity contribution in [2.45, 2.75) is 175 Å². The highest BCUT2D eigenvalue weighted by Gasteiger charge is 2.29. The zero-order chi connectivity index (χ0) is 58.9. The fourth-order valence-corrected chi connectivity index (χ4v) is 6.84. The molecule has 31 heteroatoms. The number of ether oxygens (including phenoxy) is 6. The van der Waals surface area contributed by atoms with Crippen LogP contribution in [0.25, 0.3) is 0 Å². The third-order valence-corrected chi connectivity index (χ3v) is 10.6. The van der Waals surface area contributed by atoms with E-state index in [2.05, 4.69) is 67.7 Å². The molecule has 0 unspecified atom stereocenters. The van der Waals surface area contributed by atoms with Crippen LogP contribution in [0.3, 0.4) is 0 Å². The molecule has 3 rings (SSSR count). The second kappa shape index (κ2) is 31.4. The molecule has 3 atom stereocenters. The summed E-state index contributed by atoms with van der Waals surface area (Å²) in [5.74, 6) is -3.41. The number of carbonyl (C=O) groups excluding carboxylic acids is 9. The third kappa shape index (κ3) is 27.3. The Morgan fingerprint density at radius 2 is 0.709 bits per heavy atom. The van der Waals surface area contributed by atoms with Gasteiger partial charge in [-0.3, -0.25) is 33.3 Å². The number of rotatable bonds is 30. The summed E-state index contributed by atoms with van der Waals surface area (Å²) in [5.41, 5.74) is -1.03. The Kier molecular flexibility index (Phi) is 26.0. The minimum atomic E-state index is -1.11. The summed E-state index contributed by atoms with van der Waals surface area (Å²) in [6.45, 7) is 17.7. The second-order valence-electron chi connectivity index (χ2n) is 20.9. The van der Waals surface area contributed by atoms with Crippen molar-refractivity contribution in [1.29, 1.82) is 0 Å². The number of nitrogens with one attached hydrogen (secondary N) is 6. The first-order valence-electron chi connectivity index (χ1n) is 25.4. The molecule has 6 amide bonds. The van der Waals surface area contributed by atoms with E-state index in [0.29, 0.717) is 56.4 Å². The van der Waals surface area contributed by atoms with E-state index in [-0.39, 0.29) is 58.2 Å². The third-order valence-electron chi connectivity index (χ3n) is 10.6. The van der Waals surface area contributed by atoms with Gasteiger partial charge in [-0.1, -0.05) is 15.6 Å². The van der Waals surface area contributed by atoms with E-state index in [4.69, 9.17) is 28.4 Å². The predicted octanol–water partition coefficient (Wildman–Crippen LogP) is 0.552. The molecule has 0 saturated carbocycles. The smallest absolute Gasteiger partial charge is 0.408 e. The molecule has 0 radical (unpaired) electrons. The van der Waals surface area contributed by atoms with Crippen molar-refractivity contribution < 1.29 is 71.6 Å². The summed E-state index contributed by atoms with van der Waals surface area (Å²) in [6, 6.07) is -3.33. The van der Waals surface area contributed by atoms with Crippen LogP contribution in [0.4, 0.5) is 14.4 Å². The molecule has 3 aromatic heterocycles. The summed E-state index contributed by atoms with van der Waals surface area (Å²) < 4.78 is 34.9. The fraction of sp³-hybridized carbons (Fsp3) is 0.688. The molecule has 0 fully saturated rings. The van der Waals surface area contributed by atoms with Crippen LogP contribution >= 0.6 is 0 Å². The lowest BCUT2D eigenvalue weighted by Crippen LogP contribution is -2.44. The molecule has 79 heavy (non-hydrogen) atoms. The van der Waals surface area contributed by atoms with Gasteiger partial charge in [0.2, 0.25) is 17.7 Å². The molecule has 6 N–H and O–H groups in total. The highest BCUT2D eigenvalue weighted by atomic mass is 16.6. The highest BCUT2D eigenvalue weighted by Crippen LogP contribution is 2.12. The van der Waals surface area contributed by atoms with Crippen molar-refractivity contribution in [3.8, 4) is 0 Å². The minimum absolute atomic E-state index is 0.0355. The molecular weight excluding hydrogens is 1040 g/mol. The maximum absolute atomic E-state index is 12.8. The van der Waals surface area contributed by atoms with Crippen LogP contribution in [-0.4, -0.2) is 180 Å². The first kappa shape index (κ1) is 65.3. The van der Waals surface area contributed by atoms with Crippen LogP contribution in [-0.2, 0) is 96.5 Å². The number of hydrogen-bond acceptors (Lipinski definition) is 22. The average molecular weight is 1120 g/mol. The monoisotopic (exact) mass is 1120 g/mol. The van der Waals surface area contributed by atoms with Gasteiger partial charge in [0.25, 0.3) is 0 Å². The topological polar surface area (TPSA) is 377 Å². The molecular formula is C48H78N16O15. The maximum Gasteiger partial charge on any atom is 0.408 e. The van der Waals surface area contributed by atoms with Gasteiger partial charge >= 0.3 is 36.2 Å². The Labute approximate surface area is 457 Å². The lowest BCUT2D eigenvalue weighted by Gasteiger charge is -2.22. The number of aromatic nitrogens is 9. The number of nitrogens with zero attached hydrogens (tertiary/aromatic N) is 10. The first-order chi connectivity index (χ1) is 37.0. The lowest BCUT2D eigenvalue weighted by molar-refractivity contribution is -0.144. The van der Waals surface area contributed by atoms with Crippen LogP contribution in [0.1, 0.15) is 118 Å². The Balaban J connectivity index is 1.62. The van der Waals surface area contributed by atoms with Crippen molar-refractivity contribution in [3.63, 3.8) is 0 Å².